The lowest BCUT2D eigenvalue weighted by atomic mass is 10.1. The Balaban J connectivity index is 1.45. The van der Waals surface area contributed by atoms with E-state index in [1.54, 1.807) is 6.20 Å². The first-order valence-corrected chi connectivity index (χ1v) is 9.60. The molecule has 0 fully saturated rings. The number of anilines is 1. The molecule has 1 amide bonds. The summed E-state index contributed by atoms with van der Waals surface area (Å²) in [5.41, 5.74) is -0.987. The van der Waals surface area contributed by atoms with E-state index in [4.69, 9.17) is 4.42 Å². The Morgan fingerprint density at radius 1 is 1.12 bits per heavy atom. The molecule has 0 saturated carbocycles. The first-order chi connectivity index (χ1) is 15.2. The average molecular weight is 448 g/mol. The maximum absolute atomic E-state index is 12.7. The lowest BCUT2D eigenvalue weighted by molar-refractivity contribution is -0.384. The van der Waals surface area contributed by atoms with Crippen molar-refractivity contribution in [3.63, 3.8) is 0 Å². The van der Waals surface area contributed by atoms with E-state index in [1.807, 2.05) is 30.3 Å². The number of halogens is 3. The zero-order chi connectivity index (χ0) is 23.1. The summed E-state index contributed by atoms with van der Waals surface area (Å²) < 4.78 is 43.8. The molecule has 0 aliphatic heterocycles. The number of nitro groups is 1. The van der Waals surface area contributed by atoms with Crippen LogP contribution in [0.5, 0.6) is 0 Å². The van der Waals surface area contributed by atoms with Gasteiger partial charge in [0.1, 0.15) is 5.69 Å². The van der Waals surface area contributed by atoms with Gasteiger partial charge in [-0.05, 0) is 12.1 Å². The van der Waals surface area contributed by atoms with Crippen LogP contribution in [0.3, 0.4) is 0 Å². The third kappa shape index (κ3) is 6.06. The SMILES string of the molecule is O=C(CCc1ncc(-c2ccccc2)o1)NCCNc1ccc(C(F)(F)F)cc1[N+](=O)[O-]. The molecule has 0 atom stereocenters. The van der Waals surface area contributed by atoms with Gasteiger partial charge >= 0.3 is 6.18 Å². The van der Waals surface area contributed by atoms with Crippen LogP contribution in [0.25, 0.3) is 11.3 Å². The van der Waals surface area contributed by atoms with Crippen LogP contribution in [0.4, 0.5) is 24.5 Å². The van der Waals surface area contributed by atoms with Gasteiger partial charge in [0.05, 0.1) is 16.7 Å². The molecular formula is C21H19F3N4O4. The van der Waals surface area contributed by atoms with E-state index in [0.29, 0.717) is 17.7 Å². The monoisotopic (exact) mass is 448 g/mol. The van der Waals surface area contributed by atoms with Crippen LogP contribution >= 0.6 is 0 Å². The lowest BCUT2D eigenvalue weighted by Crippen LogP contribution is -2.29. The minimum atomic E-state index is -4.68. The van der Waals surface area contributed by atoms with Crippen molar-refractivity contribution in [3.8, 4) is 11.3 Å². The number of aryl methyl sites for hydroxylation is 1. The Labute approximate surface area is 180 Å². The molecule has 32 heavy (non-hydrogen) atoms. The molecule has 0 radical (unpaired) electrons. The number of nitro benzene ring substituents is 1. The molecule has 0 aliphatic rings. The van der Waals surface area contributed by atoms with E-state index in [-0.39, 0.29) is 37.5 Å². The van der Waals surface area contributed by atoms with Crippen LogP contribution in [0.2, 0.25) is 0 Å². The first-order valence-electron chi connectivity index (χ1n) is 9.60. The van der Waals surface area contributed by atoms with Crippen LogP contribution in [-0.2, 0) is 17.4 Å². The number of aromatic nitrogens is 1. The normalized spacial score (nSPS) is 11.2. The van der Waals surface area contributed by atoms with Gasteiger partial charge in [0, 0.05) is 37.6 Å². The molecule has 1 aromatic heterocycles. The molecule has 8 nitrogen and oxygen atoms in total. The van der Waals surface area contributed by atoms with Gasteiger partial charge in [-0.25, -0.2) is 4.98 Å². The summed E-state index contributed by atoms with van der Waals surface area (Å²) in [4.78, 5) is 26.3. The highest BCUT2D eigenvalue weighted by Gasteiger charge is 2.33. The molecule has 3 rings (SSSR count). The maximum Gasteiger partial charge on any atom is 0.416 e. The van der Waals surface area contributed by atoms with Gasteiger partial charge in [0.25, 0.3) is 5.69 Å². The minimum absolute atomic E-state index is 0.0644. The van der Waals surface area contributed by atoms with Gasteiger partial charge in [0.15, 0.2) is 11.7 Å². The Kier molecular flexibility index (Phi) is 7.08. The van der Waals surface area contributed by atoms with Gasteiger partial charge in [0.2, 0.25) is 5.91 Å². The Morgan fingerprint density at radius 3 is 2.56 bits per heavy atom. The molecule has 1 heterocycles. The van der Waals surface area contributed by atoms with E-state index < -0.39 is 22.4 Å². The second kappa shape index (κ2) is 9.94. The smallest absolute Gasteiger partial charge is 0.416 e. The number of carbonyl (C=O) groups excluding carboxylic acids is 1. The number of benzene rings is 2. The van der Waals surface area contributed by atoms with Gasteiger partial charge in [-0.3, -0.25) is 14.9 Å². The number of amides is 1. The molecule has 168 valence electrons. The number of rotatable bonds is 9. The highest BCUT2D eigenvalue weighted by Crippen LogP contribution is 2.34. The molecule has 0 aliphatic carbocycles. The Bertz CT molecular complexity index is 1080. The van der Waals surface area contributed by atoms with E-state index >= 15 is 0 Å². The fourth-order valence-electron chi connectivity index (χ4n) is 2.88. The zero-order valence-electron chi connectivity index (χ0n) is 16.7. The highest BCUT2D eigenvalue weighted by molar-refractivity contribution is 5.76. The number of carbonyl (C=O) groups is 1. The maximum atomic E-state index is 12.7. The third-order valence-electron chi connectivity index (χ3n) is 4.46. The van der Waals surface area contributed by atoms with Crippen LogP contribution in [0.1, 0.15) is 17.9 Å². The summed E-state index contributed by atoms with van der Waals surface area (Å²) in [6, 6.07) is 11.6. The molecule has 2 aromatic carbocycles. The predicted molar refractivity (Wildman–Crippen MR) is 110 cm³/mol. The van der Waals surface area contributed by atoms with E-state index in [1.165, 1.54) is 0 Å². The van der Waals surface area contributed by atoms with Crippen molar-refractivity contribution in [3.05, 3.63) is 76.3 Å². The molecule has 2 N–H and O–H groups in total. The van der Waals surface area contributed by atoms with Crippen molar-refractivity contribution in [2.24, 2.45) is 0 Å². The molecule has 0 spiro atoms. The molecule has 11 heteroatoms. The summed E-state index contributed by atoms with van der Waals surface area (Å²) in [6.07, 6.45) is -2.68. The fraction of sp³-hybridized carbons (Fsp3) is 0.238. The van der Waals surface area contributed by atoms with Crippen LogP contribution < -0.4 is 10.6 Å². The number of nitrogens with one attached hydrogen (secondary N) is 2. The summed E-state index contributed by atoms with van der Waals surface area (Å²) in [5, 5.41) is 16.4. The number of nitrogens with zero attached hydrogens (tertiary/aromatic N) is 2. The topological polar surface area (TPSA) is 110 Å². The summed E-state index contributed by atoms with van der Waals surface area (Å²) in [5.74, 6) is 0.731. The standard InChI is InChI=1S/C21H19F3N4O4/c22-21(23,24)15-6-7-16(17(12-15)28(30)31)25-10-11-26-19(29)8-9-20-27-13-18(32-20)14-4-2-1-3-5-14/h1-7,12-13,25H,8-11H2,(H,26,29). The van der Waals surface area contributed by atoms with E-state index in [9.17, 15) is 28.1 Å². The van der Waals surface area contributed by atoms with Crippen LogP contribution in [0.15, 0.2) is 59.1 Å². The van der Waals surface area contributed by atoms with Crippen molar-refractivity contribution in [1.82, 2.24) is 10.3 Å². The number of oxazole rings is 1. The first kappa shape index (κ1) is 22.8. The second-order valence-electron chi connectivity index (χ2n) is 6.75. The predicted octanol–water partition coefficient (Wildman–Crippen LogP) is 4.43. The van der Waals surface area contributed by atoms with Gasteiger partial charge < -0.3 is 15.1 Å². The quantitative estimate of drug-likeness (QED) is 0.285. The van der Waals surface area contributed by atoms with Gasteiger partial charge in [-0.2, -0.15) is 13.2 Å². The molecule has 0 unspecified atom stereocenters. The molecule has 3 aromatic rings. The number of hydrogen-bond acceptors (Lipinski definition) is 6. The Morgan fingerprint density at radius 2 is 1.88 bits per heavy atom. The molecule has 0 bridgehead atoms. The van der Waals surface area contributed by atoms with E-state index in [2.05, 4.69) is 15.6 Å². The van der Waals surface area contributed by atoms with Gasteiger partial charge in [-0.1, -0.05) is 30.3 Å². The number of hydrogen-bond donors (Lipinski definition) is 2. The second-order valence-corrected chi connectivity index (χ2v) is 6.75. The zero-order valence-corrected chi connectivity index (χ0v) is 16.7. The minimum Gasteiger partial charge on any atom is -0.441 e. The van der Waals surface area contributed by atoms with Crippen molar-refractivity contribution in [2.75, 3.05) is 18.4 Å². The summed E-state index contributed by atoms with van der Waals surface area (Å²) >= 11 is 0. The van der Waals surface area contributed by atoms with Crippen LogP contribution in [0, 0.1) is 10.1 Å². The Hall–Kier alpha value is -3.89. The largest absolute Gasteiger partial charge is 0.441 e. The fourth-order valence-corrected chi connectivity index (χ4v) is 2.88. The van der Waals surface area contributed by atoms with E-state index in [0.717, 1.165) is 17.7 Å². The summed E-state index contributed by atoms with van der Waals surface area (Å²) in [6.45, 7) is 0.215. The van der Waals surface area contributed by atoms with Gasteiger partial charge in [-0.15, -0.1) is 0 Å². The molecular weight excluding hydrogens is 429 g/mol. The highest BCUT2D eigenvalue weighted by atomic mass is 19.4. The van der Waals surface area contributed by atoms with Crippen molar-refractivity contribution in [1.29, 1.82) is 0 Å². The van der Waals surface area contributed by atoms with Crippen molar-refractivity contribution < 1.29 is 27.3 Å². The van der Waals surface area contributed by atoms with Crippen LogP contribution in [-0.4, -0.2) is 28.9 Å². The average Bonchev–Trinajstić information content (AvgIpc) is 3.24. The van der Waals surface area contributed by atoms with Crippen molar-refractivity contribution in [2.45, 2.75) is 19.0 Å². The number of alkyl halides is 3. The lowest BCUT2D eigenvalue weighted by Gasteiger charge is -2.11. The molecule has 0 saturated heterocycles. The third-order valence-corrected chi connectivity index (χ3v) is 4.46. The summed E-state index contributed by atoms with van der Waals surface area (Å²) in [7, 11) is 0. The van der Waals surface area contributed by atoms with Crippen molar-refractivity contribution >= 4 is 17.3 Å².